The number of aldehydes is 1. The second-order valence-corrected chi connectivity index (χ2v) is 25.6. The molecule has 8 aromatic carbocycles. The molecular weight excluding hydrogens is 1130 g/mol. The zero-order valence-electron chi connectivity index (χ0n) is 58.4. The van der Waals surface area contributed by atoms with Crippen LogP contribution >= 0.6 is 0 Å². The van der Waals surface area contributed by atoms with E-state index in [-0.39, 0.29) is 0 Å². The van der Waals surface area contributed by atoms with Crippen molar-refractivity contribution in [2.24, 2.45) is 15.0 Å². The molecule has 0 saturated carbocycles. The van der Waals surface area contributed by atoms with Crippen molar-refractivity contribution in [2.45, 2.75) is 172 Å². The molecule has 0 bridgehead atoms. The number of para-hydroxylation sites is 6. The van der Waals surface area contributed by atoms with Crippen molar-refractivity contribution in [3.8, 4) is 11.8 Å². The predicted octanol–water partition coefficient (Wildman–Crippen LogP) is 21.4. The third-order valence-electron chi connectivity index (χ3n) is 16.3. The minimum absolute atomic E-state index is 0.328. The van der Waals surface area contributed by atoms with Crippen molar-refractivity contribution >= 4 is 84.2 Å². The molecule has 476 valence electrons. The fourth-order valence-electron chi connectivity index (χ4n) is 11.2. The maximum Gasteiger partial charge on any atom is 0.170 e. The van der Waals surface area contributed by atoms with E-state index in [0.717, 1.165) is 73.5 Å². The molecule has 93 heavy (non-hydrogen) atoms. The molecule has 2 aromatic heterocycles. The lowest BCUT2D eigenvalue weighted by Gasteiger charge is -2.18. The van der Waals surface area contributed by atoms with Gasteiger partial charge < -0.3 is 5.73 Å². The summed E-state index contributed by atoms with van der Waals surface area (Å²) in [5, 5.41) is 11.7. The molecular formula is C82H96B2N8O. The van der Waals surface area contributed by atoms with E-state index in [1.165, 1.54) is 44.5 Å². The summed E-state index contributed by atoms with van der Waals surface area (Å²) in [7, 11) is 8.00. The van der Waals surface area contributed by atoms with Crippen LogP contribution in [-0.2, 0) is 0 Å². The number of carbonyl (C=O) groups excluding carboxylic acids is 1. The Morgan fingerprint density at radius 3 is 0.978 bits per heavy atom. The van der Waals surface area contributed by atoms with Gasteiger partial charge in [0.1, 0.15) is 11.4 Å². The number of fused-ring (bicyclic) bond motifs is 2. The van der Waals surface area contributed by atoms with E-state index in [2.05, 4.69) is 265 Å². The molecule has 4 radical (unpaired) electrons. The highest BCUT2D eigenvalue weighted by Gasteiger charge is 2.23. The Kier molecular flexibility index (Phi) is 27.5. The lowest BCUT2D eigenvalue weighted by Crippen LogP contribution is -2.16. The number of hydrogen-bond donors (Lipinski definition) is 1. The number of carbonyl (C=O) groups is 1. The molecule has 2 heterocycles. The van der Waals surface area contributed by atoms with Gasteiger partial charge in [-0.1, -0.05) is 281 Å². The van der Waals surface area contributed by atoms with Gasteiger partial charge in [0, 0.05) is 43.1 Å². The number of aromatic nitrogens is 4. The van der Waals surface area contributed by atoms with Gasteiger partial charge in [0.15, 0.2) is 18.0 Å². The van der Waals surface area contributed by atoms with E-state index in [1.807, 2.05) is 85.4 Å². The number of rotatable bonds is 15. The van der Waals surface area contributed by atoms with Crippen LogP contribution in [0.4, 0.5) is 22.7 Å². The molecule has 0 spiro atoms. The Balaban J connectivity index is 0.000000237. The Morgan fingerprint density at radius 1 is 0.387 bits per heavy atom. The van der Waals surface area contributed by atoms with E-state index in [1.54, 1.807) is 4.68 Å². The monoisotopic (exact) mass is 1230 g/mol. The van der Waals surface area contributed by atoms with Crippen molar-refractivity contribution in [3.05, 3.63) is 249 Å². The third-order valence-corrected chi connectivity index (χ3v) is 16.3. The summed E-state index contributed by atoms with van der Waals surface area (Å²) >= 11 is 0. The van der Waals surface area contributed by atoms with Crippen molar-refractivity contribution in [1.29, 1.82) is 0 Å². The van der Waals surface area contributed by atoms with Gasteiger partial charge >= 0.3 is 0 Å². The summed E-state index contributed by atoms with van der Waals surface area (Å²) in [6, 6.07) is 62.4. The van der Waals surface area contributed by atoms with E-state index < -0.39 is 0 Å². The zero-order valence-corrected chi connectivity index (χ0v) is 58.4. The van der Waals surface area contributed by atoms with Crippen LogP contribution in [0.5, 0.6) is 0 Å². The largest absolute Gasteiger partial charge is 0.398 e. The number of nitrogens with zero attached hydrogens (tertiary/aromatic N) is 7. The van der Waals surface area contributed by atoms with Crippen LogP contribution in [0.25, 0.3) is 21.8 Å². The van der Waals surface area contributed by atoms with Crippen LogP contribution in [0, 0.1) is 11.8 Å². The van der Waals surface area contributed by atoms with Gasteiger partial charge in [0.05, 0.1) is 34.3 Å². The number of benzene rings is 8. The van der Waals surface area contributed by atoms with Crippen molar-refractivity contribution in [3.63, 3.8) is 0 Å². The standard InChI is InChI=1S/C39H44N4.C27H27N3O.C12H19N.C4H6.B2/c1-25(2)30-19-14-20-31(26(3)4)37(30)40-24-35-34-18-12-13-23-36(34)43(42-35)39(29-16-10-9-11-17-29)41-38-32(27(5)6)21-15-22-33(38)28(7)8;1-18(2)21-14-10-15-22(19(3)4)26(21)28-27(20-11-6-5-7-12-20)30-25-16-9-8-13-23(25)24(17-31)29-30;1-8(2)10-6-5-7-11(9(3)4)12(10)13;1-3-4-2;1-2/h9-28H,1-8H3;5-19H,1-4H3;5-9H,13H2,1-4H3;1-2H3;. The van der Waals surface area contributed by atoms with E-state index in [0.29, 0.717) is 58.9 Å². The Labute approximate surface area is 559 Å². The van der Waals surface area contributed by atoms with Crippen LogP contribution in [0.3, 0.4) is 0 Å². The van der Waals surface area contributed by atoms with Gasteiger partial charge in [0.2, 0.25) is 0 Å². The average Bonchev–Trinajstić information content (AvgIpc) is 1.71. The SMILES string of the molecule is CC#CC.CC(C)c1cccc(C(C)C)c1N.CC(C)c1cccc(C(C)C)c1N=C(c1ccccc1)n1nc(C=O)c2ccccc21.CC(C)c1cccc(C(C)C)c1N=Cc1nn(C(=Nc2c(C(C)C)cccc2C(C)C)c2ccccc2)c2ccccc12.[B][B]. The van der Waals surface area contributed by atoms with Crippen molar-refractivity contribution < 1.29 is 4.79 Å². The number of hydrogen-bond acceptors (Lipinski definition) is 7. The lowest BCUT2D eigenvalue weighted by molar-refractivity contribution is 0.112. The maximum absolute atomic E-state index is 11.7. The first-order valence-corrected chi connectivity index (χ1v) is 32.8. The molecule has 0 fully saturated rings. The second kappa shape index (κ2) is 35.1. The van der Waals surface area contributed by atoms with E-state index in [4.69, 9.17) is 25.8 Å². The minimum Gasteiger partial charge on any atom is -0.398 e. The topological polar surface area (TPSA) is 116 Å². The van der Waals surface area contributed by atoms with Gasteiger partial charge in [-0.3, -0.25) is 9.79 Å². The molecule has 10 aromatic rings. The van der Waals surface area contributed by atoms with Gasteiger partial charge in [-0.15, -0.1) is 11.8 Å². The normalized spacial score (nSPS) is 11.6. The second-order valence-electron chi connectivity index (χ2n) is 25.6. The van der Waals surface area contributed by atoms with Gasteiger partial charge in [0.25, 0.3) is 0 Å². The predicted molar refractivity (Wildman–Crippen MR) is 402 cm³/mol. The molecule has 0 atom stereocenters. The molecule has 0 aliphatic rings. The summed E-state index contributed by atoms with van der Waals surface area (Å²) in [5.41, 5.74) is 25.1. The Bertz CT molecular complexity index is 4100. The Morgan fingerprint density at radius 2 is 0.667 bits per heavy atom. The third kappa shape index (κ3) is 18.1. The molecule has 2 N–H and O–H groups in total. The fourth-order valence-corrected chi connectivity index (χ4v) is 11.2. The first-order valence-electron chi connectivity index (χ1n) is 32.8. The molecule has 11 heteroatoms. The van der Waals surface area contributed by atoms with Crippen LogP contribution in [0.15, 0.2) is 197 Å². The average molecular weight is 1230 g/mol. The lowest BCUT2D eigenvalue weighted by atomic mass is 9.81. The van der Waals surface area contributed by atoms with Crippen molar-refractivity contribution in [1.82, 2.24) is 19.6 Å². The van der Waals surface area contributed by atoms with Crippen LogP contribution in [0.1, 0.15) is 244 Å². The summed E-state index contributed by atoms with van der Waals surface area (Å²) in [5.74, 6) is 9.96. The molecule has 0 aliphatic heterocycles. The number of nitrogen functional groups attached to an aromatic ring is 1. The van der Waals surface area contributed by atoms with E-state index >= 15 is 0 Å². The quantitative estimate of drug-likeness (QED) is 0.0275. The fraction of sp³-hybridized carbons (Fsp3) is 0.317. The summed E-state index contributed by atoms with van der Waals surface area (Å²) in [6.07, 6.45) is 2.75. The highest BCUT2D eigenvalue weighted by Crippen LogP contribution is 2.39. The van der Waals surface area contributed by atoms with Gasteiger partial charge in [-0.25, -0.2) is 19.3 Å². The molecule has 0 aliphatic carbocycles. The molecule has 10 rings (SSSR count). The Hall–Kier alpha value is -9.13. The van der Waals surface area contributed by atoms with Crippen molar-refractivity contribution in [2.75, 3.05) is 5.73 Å². The van der Waals surface area contributed by atoms with Crippen LogP contribution in [0.2, 0.25) is 0 Å². The smallest absolute Gasteiger partial charge is 0.170 e. The minimum atomic E-state index is 0.328. The first kappa shape index (κ1) is 72.9. The van der Waals surface area contributed by atoms with Crippen LogP contribution < -0.4 is 5.73 Å². The zero-order chi connectivity index (χ0) is 68.1. The van der Waals surface area contributed by atoms with E-state index in [9.17, 15) is 4.79 Å². The highest BCUT2D eigenvalue weighted by atomic mass is 16.1. The summed E-state index contributed by atoms with van der Waals surface area (Å²) < 4.78 is 3.81. The number of anilines is 1. The molecule has 0 saturated heterocycles. The number of nitrogens with two attached hydrogens (primary N) is 1. The first-order chi connectivity index (χ1) is 44.6. The molecule has 0 unspecified atom stereocenters. The van der Waals surface area contributed by atoms with Gasteiger partial charge in [-0.05, 0) is 118 Å². The molecule has 9 nitrogen and oxygen atoms in total. The summed E-state index contributed by atoms with van der Waals surface area (Å²) in [4.78, 5) is 27.6. The van der Waals surface area contributed by atoms with Crippen LogP contribution in [-0.4, -0.2) is 59.2 Å². The van der Waals surface area contributed by atoms with Gasteiger partial charge in [-0.2, -0.15) is 10.2 Å². The molecule has 0 amide bonds. The highest BCUT2D eigenvalue weighted by molar-refractivity contribution is 6.75. The number of aliphatic imine (C=N–C) groups is 3. The summed E-state index contributed by atoms with van der Waals surface area (Å²) in [6.45, 7) is 39.0. The maximum atomic E-state index is 11.7.